The monoisotopic (exact) mass is 213 g/mol. The zero-order valence-corrected chi connectivity index (χ0v) is 10.4. The van der Waals surface area contributed by atoms with Crippen molar-refractivity contribution in [3.8, 4) is 0 Å². The number of carbonyl (C=O) groups excluding carboxylic acids is 1. The summed E-state index contributed by atoms with van der Waals surface area (Å²) in [6.07, 6.45) is 3.19. The lowest BCUT2D eigenvalue weighted by Gasteiger charge is -2.36. The Bertz CT molecular complexity index is 226. The normalized spacial score (nSPS) is 22.7. The first-order valence-corrected chi connectivity index (χ1v) is 5.96. The topological polar surface area (TPSA) is 29.5 Å². The van der Waals surface area contributed by atoms with Crippen LogP contribution in [0.15, 0.2) is 0 Å². The molecule has 0 amide bonds. The minimum absolute atomic E-state index is 0.0533. The Morgan fingerprint density at radius 3 is 2.53 bits per heavy atom. The molecule has 0 radical (unpaired) electrons. The number of esters is 1. The molecule has 1 saturated heterocycles. The van der Waals surface area contributed by atoms with Crippen LogP contribution in [0, 0.1) is 0 Å². The van der Waals surface area contributed by atoms with Crippen molar-refractivity contribution in [1.29, 1.82) is 0 Å². The lowest BCUT2D eigenvalue weighted by Crippen LogP contribution is -2.49. The van der Waals surface area contributed by atoms with E-state index in [1.807, 2.05) is 6.92 Å². The van der Waals surface area contributed by atoms with E-state index in [2.05, 4.69) is 25.7 Å². The van der Waals surface area contributed by atoms with Gasteiger partial charge in [0.2, 0.25) is 0 Å². The summed E-state index contributed by atoms with van der Waals surface area (Å²) in [5.74, 6) is -0.0602. The fourth-order valence-electron chi connectivity index (χ4n) is 2.46. The predicted octanol–water partition coefficient (Wildman–Crippen LogP) is 2.20. The number of likely N-dealkylation sites (tertiary alicyclic amines) is 1. The second-order valence-corrected chi connectivity index (χ2v) is 4.79. The van der Waals surface area contributed by atoms with Gasteiger partial charge in [0.1, 0.15) is 6.04 Å². The number of hydrogen-bond donors (Lipinski definition) is 0. The van der Waals surface area contributed by atoms with E-state index in [9.17, 15) is 4.79 Å². The predicted molar refractivity (Wildman–Crippen MR) is 60.7 cm³/mol. The molecule has 1 unspecified atom stereocenters. The van der Waals surface area contributed by atoms with Crippen molar-refractivity contribution in [3.63, 3.8) is 0 Å². The SMILES string of the molecule is CCOC(=O)C(CC)N1CCCC1(C)C. The summed E-state index contributed by atoms with van der Waals surface area (Å²) in [6.45, 7) is 9.83. The fraction of sp³-hybridized carbons (Fsp3) is 0.917. The van der Waals surface area contributed by atoms with Crippen molar-refractivity contribution >= 4 is 5.97 Å². The first-order valence-electron chi connectivity index (χ1n) is 5.96. The smallest absolute Gasteiger partial charge is 0.323 e. The van der Waals surface area contributed by atoms with Crippen LogP contribution >= 0.6 is 0 Å². The van der Waals surface area contributed by atoms with Gasteiger partial charge in [0, 0.05) is 5.54 Å². The largest absolute Gasteiger partial charge is 0.465 e. The Hall–Kier alpha value is -0.570. The summed E-state index contributed by atoms with van der Waals surface area (Å²) in [7, 11) is 0. The molecule has 0 aliphatic carbocycles. The van der Waals surface area contributed by atoms with E-state index < -0.39 is 0 Å². The van der Waals surface area contributed by atoms with Crippen LogP contribution in [0.4, 0.5) is 0 Å². The van der Waals surface area contributed by atoms with Gasteiger partial charge in [-0.05, 0) is 46.6 Å². The molecule has 0 saturated carbocycles. The maximum atomic E-state index is 11.8. The summed E-state index contributed by atoms with van der Waals surface area (Å²) >= 11 is 0. The summed E-state index contributed by atoms with van der Waals surface area (Å²) in [4.78, 5) is 14.1. The Kier molecular flexibility index (Phi) is 4.14. The molecule has 88 valence electrons. The first-order chi connectivity index (χ1) is 7.03. The van der Waals surface area contributed by atoms with Gasteiger partial charge in [-0.1, -0.05) is 6.92 Å². The van der Waals surface area contributed by atoms with E-state index in [1.54, 1.807) is 0 Å². The van der Waals surface area contributed by atoms with Crippen LogP contribution in [0.1, 0.15) is 47.0 Å². The molecule has 1 atom stereocenters. The van der Waals surface area contributed by atoms with Gasteiger partial charge in [0.25, 0.3) is 0 Å². The van der Waals surface area contributed by atoms with Crippen molar-refractivity contribution in [1.82, 2.24) is 4.90 Å². The van der Waals surface area contributed by atoms with E-state index in [0.717, 1.165) is 13.0 Å². The van der Waals surface area contributed by atoms with Crippen LogP contribution in [-0.4, -0.2) is 35.6 Å². The third kappa shape index (κ3) is 2.71. The van der Waals surface area contributed by atoms with E-state index in [0.29, 0.717) is 6.61 Å². The highest BCUT2D eigenvalue weighted by molar-refractivity contribution is 5.75. The maximum absolute atomic E-state index is 11.8. The Morgan fingerprint density at radius 1 is 1.47 bits per heavy atom. The third-order valence-electron chi connectivity index (χ3n) is 3.29. The zero-order valence-electron chi connectivity index (χ0n) is 10.4. The number of hydrogen-bond acceptors (Lipinski definition) is 3. The van der Waals surface area contributed by atoms with Gasteiger partial charge in [0.15, 0.2) is 0 Å². The zero-order chi connectivity index (χ0) is 11.5. The standard InChI is InChI=1S/C12H23NO2/c1-5-10(11(14)15-6-2)13-9-7-8-12(13,3)4/h10H,5-9H2,1-4H3. The third-order valence-corrected chi connectivity index (χ3v) is 3.29. The molecule has 3 heteroatoms. The van der Waals surface area contributed by atoms with Gasteiger partial charge < -0.3 is 4.74 Å². The van der Waals surface area contributed by atoms with Gasteiger partial charge >= 0.3 is 5.97 Å². The molecule has 0 aromatic carbocycles. The van der Waals surface area contributed by atoms with E-state index in [1.165, 1.54) is 12.8 Å². The van der Waals surface area contributed by atoms with Crippen LogP contribution in [0.2, 0.25) is 0 Å². The van der Waals surface area contributed by atoms with Crippen LogP contribution < -0.4 is 0 Å². The van der Waals surface area contributed by atoms with Gasteiger partial charge in [-0.25, -0.2) is 0 Å². The lowest BCUT2D eigenvalue weighted by molar-refractivity contribution is -0.151. The quantitative estimate of drug-likeness (QED) is 0.670. The summed E-state index contributed by atoms with van der Waals surface area (Å²) in [6, 6.07) is -0.0533. The first kappa shape index (κ1) is 12.5. The molecule has 0 N–H and O–H groups in total. The molecule has 0 spiro atoms. The van der Waals surface area contributed by atoms with Crippen molar-refractivity contribution in [2.45, 2.75) is 58.5 Å². The number of carbonyl (C=O) groups is 1. The van der Waals surface area contributed by atoms with Crippen LogP contribution in [-0.2, 0) is 9.53 Å². The Morgan fingerprint density at radius 2 is 2.13 bits per heavy atom. The van der Waals surface area contributed by atoms with E-state index in [4.69, 9.17) is 4.74 Å². The minimum atomic E-state index is -0.0602. The molecule has 0 aromatic heterocycles. The summed E-state index contributed by atoms with van der Waals surface area (Å²) in [5.41, 5.74) is 0.146. The van der Waals surface area contributed by atoms with Crippen molar-refractivity contribution in [2.75, 3.05) is 13.2 Å². The molecule has 3 nitrogen and oxygen atoms in total. The molecular formula is C12H23NO2. The van der Waals surface area contributed by atoms with Gasteiger partial charge in [0.05, 0.1) is 6.61 Å². The highest BCUT2D eigenvalue weighted by Gasteiger charge is 2.39. The molecular weight excluding hydrogens is 190 g/mol. The second-order valence-electron chi connectivity index (χ2n) is 4.79. The minimum Gasteiger partial charge on any atom is -0.465 e. The van der Waals surface area contributed by atoms with Crippen LogP contribution in [0.25, 0.3) is 0 Å². The fourth-order valence-corrected chi connectivity index (χ4v) is 2.46. The summed E-state index contributed by atoms with van der Waals surface area (Å²) < 4.78 is 5.12. The molecule has 1 aliphatic heterocycles. The van der Waals surface area contributed by atoms with Crippen molar-refractivity contribution in [2.24, 2.45) is 0 Å². The molecule has 1 rings (SSSR count). The van der Waals surface area contributed by atoms with E-state index in [-0.39, 0.29) is 17.6 Å². The van der Waals surface area contributed by atoms with Crippen molar-refractivity contribution < 1.29 is 9.53 Å². The highest BCUT2D eigenvalue weighted by atomic mass is 16.5. The average molecular weight is 213 g/mol. The molecule has 1 aliphatic rings. The van der Waals surface area contributed by atoms with Crippen molar-refractivity contribution in [3.05, 3.63) is 0 Å². The molecule has 0 aromatic rings. The van der Waals surface area contributed by atoms with Gasteiger partial charge in [-0.15, -0.1) is 0 Å². The molecule has 0 bridgehead atoms. The number of ether oxygens (including phenoxy) is 1. The maximum Gasteiger partial charge on any atom is 0.323 e. The summed E-state index contributed by atoms with van der Waals surface area (Å²) in [5, 5.41) is 0. The highest BCUT2D eigenvalue weighted by Crippen LogP contribution is 2.31. The van der Waals surface area contributed by atoms with Crippen LogP contribution in [0.5, 0.6) is 0 Å². The molecule has 1 fully saturated rings. The Balaban J connectivity index is 2.69. The Labute approximate surface area is 92.8 Å². The lowest BCUT2D eigenvalue weighted by atomic mass is 10.00. The molecule has 1 heterocycles. The number of nitrogens with zero attached hydrogens (tertiary/aromatic N) is 1. The van der Waals surface area contributed by atoms with Crippen LogP contribution in [0.3, 0.4) is 0 Å². The molecule has 15 heavy (non-hydrogen) atoms. The van der Waals surface area contributed by atoms with Gasteiger partial charge in [-0.2, -0.15) is 0 Å². The van der Waals surface area contributed by atoms with E-state index >= 15 is 0 Å². The number of rotatable bonds is 4. The second kappa shape index (κ2) is 4.97. The average Bonchev–Trinajstić information content (AvgIpc) is 2.48. The van der Waals surface area contributed by atoms with Gasteiger partial charge in [-0.3, -0.25) is 9.69 Å².